The molecule has 0 radical (unpaired) electrons. The highest BCUT2D eigenvalue weighted by Gasteiger charge is 2.14. The average Bonchev–Trinajstić information content (AvgIpc) is 3.33. The minimum atomic E-state index is -0.708. The number of anilines is 1. The second kappa shape index (κ2) is 7.16. The summed E-state index contributed by atoms with van der Waals surface area (Å²) in [6, 6.07) is 10.1. The van der Waals surface area contributed by atoms with Gasteiger partial charge in [-0.05, 0) is 36.4 Å². The van der Waals surface area contributed by atoms with Gasteiger partial charge in [-0.1, -0.05) is 11.2 Å². The van der Waals surface area contributed by atoms with Crippen molar-refractivity contribution in [3.05, 3.63) is 72.3 Å². The van der Waals surface area contributed by atoms with E-state index in [1.807, 2.05) is 0 Å². The minimum Gasteiger partial charge on any atom is -0.455 e. The van der Waals surface area contributed by atoms with Gasteiger partial charge in [0.2, 0.25) is 5.82 Å². The molecule has 0 saturated carbocycles. The molecule has 3 aromatic heterocycles. The van der Waals surface area contributed by atoms with E-state index in [0.717, 1.165) is 17.7 Å². The molecule has 4 rings (SSSR count). The van der Waals surface area contributed by atoms with Crippen molar-refractivity contribution < 1.29 is 17.7 Å². The average molecular weight is 367 g/mol. The van der Waals surface area contributed by atoms with Gasteiger partial charge in [-0.3, -0.25) is 4.98 Å². The van der Waals surface area contributed by atoms with Crippen LogP contribution in [0.1, 0.15) is 5.76 Å². The van der Waals surface area contributed by atoms with Crippen LogP contribution >= 0.6 is 0 Å². The van der Waals surface area contributed by atoms with E-state index in [4.69, 9.17) is 8.94 Å². The highest BCUT2D eigenvalue weighted by Crippen LogP contribution is 2.27. The van der Waals surface area contributed by atoms with Gasteiger partial charge in [-0.25, -0.2) is 14.2 Å². The van der Waals surface area contributed by atoms with Crippen LogP contribution < -0.4 is 5.43 Å². The van der Waals surface area contributed by atoms with Crippen molar-refractivity contribution in [3.63, 3.8) is 0 Å². The van der Waals surface area contributed by atoms with Gasteiger partial charge in [-0.15, -0.1) is 0 Å². The second-order valence-corrected chi connectivity index (χ2v) is 5.33. The summed E-state index contributed by atoms with van der Waals surface area (Å²) in [7, 11) is 0. The lowest BCUT2D eigenvalue weighted by molar-refractivity contribution is 0.433. The van der Waals surface area contributed by atoms with Crippen molar-refractivity contribution in [2.24, 2.45) is 5.10 Å². The number of rotatable bonds is 5. The quantitative estimate of drug-likeness (QED) is 0.422. The Labute approximate surface area is 151 Å². The first-order valence-corrected chi connectivity index (χ1v) is 7.78. The summed E-state index contributed by atoms with van der Waals surface area (Å²) in [4.78, 5) is 8.04. The number of pyridine rings is 1. The Hall–Kier alpha value is -3.88. The maximum atomic E-state index is 13.8. The molecule has 1 N–H and O–H groups in total. The lowest BCUT2D eigenvalue weighted by atomic mass is 10.1. The minimum absolute atomic E-state index is 0.0600. The topological polar surface area (TPSA) is 89.3 Å². The lowest BCUT2D eigenvalue weighted by Gasteiger charge is -2.00. The highest BCUT2D eigenvalue weighted by atomic mass is 19.1. The van der Waals surface area contributed by atoms with E-state index in [1.165, 1.54) is 24.4 Å². The fourth-order valence-corrected chi connectivity index (χ4v) is 2.33. The number of aromatic nitrogens is 3. The first-order chi connectivity index (χ1) is 13.2. The zero-order chi connectivity index (χ0) is 18.6. The Bertz CT molecular complexity index is 1070. The van der Waals surface area contributed by atoms with Gasteiger partial charge in [0.05, 0.1) is 11.8 Å². The van der Waals surface area contributed by atoms with Crippen molar-refractivity contribution in [1.82, 2.24) is 15.1 Å². The Kier molecular flexibility index (Phi) is 4.40. The molecule has 9 heteroatoms. The number of hydrazone groups is 1. The van der Waals surface area contributed by atoms with Crippen LogP contribution in [0.5, 0.6) is 0 Å². The van der Waals surface area contributed by atoms with Crippen molar-refractivity contribution in [1.29, 1.82) is 0 Å². The molecule has 0 bridgehead atoms. The van der Waals surface area contributed by atoms with Crippen molar-refractivity contribution in [2.45, 2.75) is 0 Å². The van der Waals surface area contributed by atoms with E-state index in [-0.39, 0.29) is 23.1 Å². The Morgan fingerprint density at radius 3 is 2.56 bits per heavy atom. The monoisotopic (exact) mass is 367 g/mol. The number of halogens is 2. The molecule has 0 fully saturated rings. The largest absolute Gasteiger partial charge is 0.455 e. The predicted molar refractivity (Wildman–Crippen MR) is 92.8 cm³/mol. The number of benzene rings is 1. The third-order valence-corrected chi connectivity index (χ3v) is 3.55. The SMILES string of the molecule is Fc1cccc(F)c1-c1ccc(/C=N/Nc2nc(-c3ccncc3)no2)o1. The Morgan fingerprint density at radius 1 is 1.00 bits per heavy atom. The van der Waals surface area contributed by atoms with Crippen LogP contribution in [0.15, 0.2) is 68.9 Å². The van der Waals surface area contributed by atoms with Crippen LogP contribution in [0.3, 0.4) is 0 Å². The second-order valence-electron chi connectivity index (χ2n) is 5.33. The van der Waals surface area contributed by atoms with Crippen LogP contribution in [0.4, 0.5) is 14.8 Å². The number of hydrogen-bond donors (Lipinski definition) is 1. The third-order valence-electron chi connectivity index (χ3n) is 3.55. The fraction of sp³-hybridized carbons (Fsp3) is 0. The maximum absolute atomic E-state index is 13.8. The molecule has 7 nitrogen and oxygen atoms in total. The van der Waals surface area contributed by atoms with Gasteiger partial charge in [0.15, 0.2) is 0 Å². The van der Waals surface area contributed by atoms with E-state index in [0.29, 0.717) is 5.82 Å². The van der Waals surface area contributed by atoms with Gasteiger partial charge >= 0.3 is 6.01 Å². The van der Waals surface area contributed by atoms with E-state index in [1.54, 1.807) is 24.5 Å². The van der Waals surface area contributed by atoms with Crippen LogP contribution in [-0.2, 0) is 0 Å². The first-order valence-electron chi connectivity index (χ1n) is 7.78. The number of nitrogens with one attached hydrogen (secondary N) is 1. The molecular weight excluding hydrogens is 356 g/mol. The van der Waals surface area contributed by atoms with Crippen molar-refractivity contribution in [2.75, 3.05) is 5.43 Å². The first kappa shape index (κ1) is 16.6. The maximum Gasteiger partial charge on any atom is 0.342 e. The molecule has 0 saturated heterocycles. The molecule has 0 atom stereocenters. The number of nitrogens with zero attached hydrogens (tertiary/aromatic N) is 4. The Morgan fingerprint density at radius 2 is 1.78 bits per heavy atom. The van der Waals surface area contributed by atoms with Gasteiger partial charge < -0.3 is 8.94 Å². The summed E-state index contributed by atoms with van der Waals surface area (Å²) < 4.78 is 38.0. The summed E-state index contributed by atoms with van der Waals surface area (Å²) in [5.41, 5.74) is 3.07. The van der Waals surface area contributed by atoms with Gasteiger partial charge in [0.25, 0.3) is 0 Å². The molecule has 4 aromatic rings. The standard InChI is InChI=1S/C18H11F2N5O2/c19-13-2-1-3-14(20)16(13)15-5-4-12(26-15)10-22-24-18-23-17(25-27-18)11-6-8-21-9-7-11/h1-10H,(H,23,24,25)/b22-10+. The summed E-state index contributed by atoms with van der Waals surface area (Å²) in [5.74, 6) is -0.690. The molecule has 3 heterocycles. The van der Waals surface area contributed by atoms with Crippen LogP contribution in [0.25, 0.3) is 22.7 Å². The number of furan rings is 1. The molecule has 0 aliphatic heterocycles. The zero-order valence-electron chi connectivity index (χ0n) is 13.6. The molecular formula is C18H11F2N5O2. The third kappa shape index (κ3) is 3.56. The van der Waals surface area contributed by atoms with Crippen LogP contribution in [0, 0.1) is 11.6 Å². The Balaban J connectivity index is 1.46. The van der Waals surface area contributed by atoms with Crippen LogP contribution in [0.2, 0.25) is 0 Å². The van der Waals surface area contributed by atoms with Crippen LogP contribution in [-0.4, -0.2) is 21.3 Å². The highest BCUT2D eigenvalue weighted by molar-refractivity contribution is 5.78. The van der Waals surface area contributed by atoms with Crippen molar-refractivity contribution >= 4 is 12.2 Å². The van der Waals surface area contributed by atoms with E-state index < -0.39 is 11.6 Å². The van der Waals surface area contributed by atoms with Crippen molar-refractivity contribution in [3.8, 4) is 22.7 Å². The molecule has 0 amide bonds. The number of hydrogen-bond acceptors (Lipinski definition) is 7. The molecule has 1 aromatic carbocycles. The lowest BCUT2D eigenvalue weighted by Crippen LogP contribution is -1.90. The summed E-state index contributed by atoms with van der Waals surface area (Å²) >= 11 is 0. The normalized spacial score (nSPS) is 11.2. The van der Waals surface area contributed by atoms with E-state index >= 15 is 0 Å². The summed E-state index contributed by atoms with van der Waals surface area (Å²) in [5, 5.41) is 7.72. The van der Waals surface area contributed by atoms with E-state index in [2.05, 4.69) is 25.7 Å². The molecule has 0 aliphatic carbocycles. The molecule has 134 valence electrons. The molecule has 0 spiro atoms. The van der Waals surface area contributed by atoms with E-state index in [9.17, 15) is 8.78 Å². The summed E-state index contributed by atoms with van der Waals surface area (Å²) in [6.45, 7) is 0. The zero-order valence-corrected chi connectivity index (χ0v) is 13.6. The van der Waals surface area contributed by atoms with Gasteiger partial charge in [0, 0.05) is 18.0 Å². The molecule has 0 unspecified atom stereocenters. The predicted octanol–water partition coefficient (Wildman–Crippen LogP) is 4.12. The molecule has 0 aliphatic rings. The fourth-order valence-electron chi connectivity index (χ4n) is 2.33. The van der Waals surface area contributed by atoms with Gasteiger partial charge in [-0.2, -0.15) is 10.1 Å². The van der Waals surface area contributed by atoms with Gasteiger partial charge in [0.1, 0.15) is 23.2 Å². The smallest absolute Gasteiger partial charge is 0.342 e. The molecule has 27 heavy (non-hydrogen) atoms. The summed E-state index contributed by atoms with van der Waals surface area (Å²) in [6.07, 6.45) is 4.55.